The molecule has 2 nitrogen and oxygen atoms in total. The van der Waals surface area contributed by atoms with Gasteiger partial charge in [0.1, 0.15) is 0 Å². The highest BCUT2D eigenvalue weighted by Crippen LogP contribution is 2.16. The number of hydrogen-bond acceptors (Lipinski definition) is 2. The van der Waals surface area contributed by atoms with Gasteiger partial charge in [-0.3, -0.25) is 0 Å². The van der Waals surface area contributed by atoms with Gasteiger partial charge in [0.25, 0.3) is 0 Å². The van der Waals surface area contributed by atoms with Crippen molar-refractivity contribution in [1.29, 1.82) is 0 Å². The van der Waals surface area contributed by atoms with E-state index in [1.807, 2.05) is 0 Å². The van der Waals surface area contributed by atoms with E-state index in [9.17, 15) is 0 Å². The zero-order valence-corrected chi connectivity index (χ0v) is 23.7. The Morgan fingerprint density at radius 3 is 0.529 bits per heavy atom. The molecule has 0 saturated heterocycles. The standard InChI is InChI=1S/C32H67NO/c33-31-29-27-25-23-21-19-17-15-13-11-9-7-5-3-1-2-4-6-8-10-12-14-16-18-20-22-24-26-28-30-32-34/h34H,1-33H2. The van der Waals surface area contributed by atoms with Crippen molar-refractivity contribution in [3.63, 3.8) is 0 Å². The molecule has 0 spiro atoms. The highest BCUT2D eigenvalue weighted by atomic mass is 16.2. The largest absolute Gasteiger partial charge is 0.396 e. The van der Waals surface area contributed by atoms with Crippen molar-refractivity contribution in [3.8, 4) is 0 Å². The third kappa shape index (κ3) is 31.9. The SMILES string of the molecule is NCCCCCCCCCCCCCCCCCCCCCCCCCCCCCCCCO. The van der Waals surface area contributed by atoms with E-state index in [1.165, 1.54) is 186 Å². The normalized spacial score (nSPS) is 11.5. The number of nitrogens with two attached hydrogens (primary N) is 1. The minimum absolute atomic E-state index is 0.373. The van der Waals surface area contributed by atoms with Crippen molar-refractivity contribution in [3.05, 3.63) is 0 Å². The van der Waals surface area contributed by atoms with Crippen LogP contribution in [-0.4, -0.2) is 18.3 Å². The van der Waals surface area contributed by atoms with Gasteiger partial charge in [-0.25, -0.2) is 0 Å². The minimum atomic E-state index is 0.373. The van der Waals surface area contributed by atoms with Gasteiger partial charge in [0.2, 0.25) is 0 Å². The first-order valence-electron chi connectivity index (χ1n) is 16.2. The highest BCUT2D eigenvalue weighted by Gasteiger charge is 1.97. The lowest BCUT2D eigenvalue weighted by atomic mass is 10.0. The summed E-state index contributed by atoms with van der Waals surface area (Å²) in [6.45, 7) is 1.24. The molecule has 0 saturated carbocycles. The van der Waals surface area contributed by atoms with E-state index in [0.29, 0.717) is 6.61 Å². The Kier molecular flexibility index (Phi) is 32.8. The van der Waals surface area contributed by atoms with Gasteiger partial charge >= 0.3 is 0 Å². The Hall–Kier alpha value is -0.0800. The van der Waals surface area contributed by atoms with Crippen LogP contribution in [0.3, 0.4) is 0 Å². The summed E-state index contributed by atoms with van der Waals surface area (Å²) in [5.41, 5.74) is 5.54. The van der Waals surface area contributed by atoms with Crippen LogP contribution in [0.2, 0.25) is 0 Å². The molecule has 3 N–H and O–H groups in total. The maximum Gasteiger partial charge on any atom is 0.0431 e. The van der Waals surface area contributed by atoms with Crippen molar-refractivity contribution in [2.45, 2.75) is 193 Å². The van der Waals surface area contributed by atoms with Crippen molar-refractivity contribution < 1.29 is 5.11 Å². The smallest absolute Gasteiger partial charge is 0.0431 e. The first-order valence-corrected chi connectivity index (χ1v) is 16.2. The number of rotatable bonds is 31. The van der Waals surface area contributed by atoms with Crippen molar-refractivity contribution in [2.24, 2.45) is 5.73 Å². The van der Waals surface area contributed by atoms with Gasteiger partial charge in [-0.2, -0.15) is 0 Å². The summed E-state index contributed by atoms with van der Waals surface area (Å²) in [6.07, 6.45) is 42.5. The van der Waals surface area contributed by atoms with E-state index in [-0.39, 0.29) is 0 Å². The molecule has 0 aliphatic heterocycles. The van der Waals surface area contributed by atoms with Crippen molar-refractivity contribution >= 4 is 0 Å². The van der Waals surface area contributed by atoms with E-state index >= 15 is 0 Å². The lowest BCUT2D eigenvalue weighted by Crippen LogP contribution is -1.97. The second kappa shape index (κ2) is 32.9. The second-order valence-electron chi connectivity index (χ2n) is 11.1. The van der Waals surface area contributed by atoms with Crippen molar-refractivity contribution in [2.75, 3.05) is 13.2 Å². The number of unbranched alkanes of at least 4 members (excludes halogenated alkanes) is 29. The molecule has 0 aromatic carbocycles. The highest BCUT2D eigenvalue weighted by molar-refractivity contribution is 4.52. The van der Waals surface area contributed by atoms with Gasteiger partial charge in [0.05, 0.1) is 0 Å². The van der Waals surface area contributed by atoms with Crippen molar-refractivity contribution in [1.82, 2.24) is 0 Å². The van der Waals surface area contributed by atoms with Crippen LogP contribution in [0.1, 0.15) is 193 Å². The molecule has 34 heavy (non-hydrogen) atoms. The maximum atomic E-state index is 8.77. The summed E-state index contributed by atoms with van der Waals surface area (Å²) in [5, 5.41) is 8.77. The van der Waals surface area contributed by atoms with Crippen LogP contribution in [0.25, 0.3) is 0 Å². The van der Waals surface area contributed by atoms with Crippen LogP contribution in [0.15, 0.2) is 0 Å². The quantitative estimate of drug-likeness (QED) is 0.0967. The summed E-state index contributed by atoms with van der Waals surface area (Å²) in [5.74, 6) is 0. The van der Waals surface area contributed by atoms with Gasteiger partial charge in [-0.15, -0.1) is 0 Å². The Morgan fingerprint density at radius 1 is 0.235 bits per heavy atom. The molecule has 0 heterocycles. The number of aliphatic hydroxyl groups is 1. The van der Waals surface area contributed by atoms with Crippen LogP contribution >= 0.6 is 0 Å². The molecule has 0 radical (unpaired) electrons. The van der Waals surface area contributed by atoms with Gasteiger partial charge in [-0.05, 0) is 19.4 Å². The summed E-state index contributed by atoms with van der Waals surface area (Å²) >= 11 is 0. The minimum Gasteiger partial charge on any atom is -0.396 e. The van der Waals surface area contributed by atoms with Crippen LogP contribution in [-0.2, 0) is 0 Å². The Balaban J connectivity index is 2.99. The zero-order valence-electron chi connectivity index (χ0n) is 23.7. The topological polar surface area (TPSA) is 46.2 Å². The van der Waals surface area contributed by atoms with E-state index in [2.05, 4.69) is 0 Å². The fraction of sp³-hybridized carbons (Fsp3) is 1.00. The molecule has 0 unspecified atom stereocenters. The van der Waals surface area contributed by atoms with E-state index in [4.69, 9.17) is 10.8 Å². The molecule has 0 bridgehead atoms. The fourth-order valence-electron chi connectivity index (χ4n) is 5.21. The molecule has 0 atom stereocenters. The monoisotopic (exact) mass is 482 g/mol. The summed E-state index contributed by atoms with van der Waals surface area (Å²) in [4.78, 5) is 0. The fourth-order valence-corrected chi connectivity index (χ4v) is 5.21. The van der Waals surface area contributed by atoms with Gasteiger partial charge in [0, 0.05) is 6.61 Å². The molecule has 0 amide bonds. The first kappa shape index (κ1) is 33.9. The Morgan fingerprint density at radius 2 is 0.382 bits per heavy atom. The molecular weight excluding hydrogens is 414 g/mol. The first-order chi connectivity index (χ1) is 16.9. The molecule has 0 aliphatic carbocycles. The molecule has 2 heteroatoms. The van der Waals surface area contributed by atoms with Crippen LogP contribution in [0.4, 0.5) is 0 Å². The Labute approximate surface area is 216 Å². The van der Waals surface area contributed by atoms with E-state index < -0.39 is 0 Å². The molecule has 206 valence electrons. The molecule has 0 aromatic heterocycles. The van der Waals surface area contributed by atoms with Crippen LogP contribution in [0, 0.1) is 0 Å². The molecule has 0 fully saturated rings. The van der Waals surface area contributed by atoms with E-state index in [0.717, 1.165) is 13.0 Å². The van der Waals surface area contributed by atoms with Gasteiger partial charge < -0.3 is 10.8 Å². The summed E-state index contributed by atoms with van der Waals surface area (Å²) in [6, 6.07) is 0. The molecule has 0 rings (SSSR count). The van der Waals surface area contributed by atoms with Crippen LogP contribution in [0.5, 0.6) is 0 Å². The zero-order chi connectivity index (χ0) is 24.6. The molecule has 0 aliphatic rings. The third-order valence-corrected chi connectivity index (χ3v) is 7.61. The second-order valence-corrected chi connectivity index (χ2v) is 11.1. The average molecular weight is 482 g/mol. The number of aliphatic hydroxyl groups excluding tert-OH is 1. The predicted octanol–water partition coefficient (Wildman–Crippen LogP) is 10.6. The number of hydrogen-bond donors (Lipinski definition) is 2. The molecule has 0 aromatic rings. The summed E-state index contributed by atoms with van der Waals surface area (Å²) in [7, 11) is 0. The predicted molar refractivity (Wildman–Crippen MR) is 155 cm³/mol. The lowest BCUT2D eigenvalue weighted by Gasteiger charge is -2.04. The molecular formula is C32H67NO. The average Bonchev–Trinajstić information content (AvgIpc) is 2.85. The Bertz CT molecular complexity index is 301. The van der Waals surface area contributed by atoms with Gasteiger partial charge in [0.15, 0.2) is 0 Å². The lowest BCUT2D eigenvalue weighted by molar-refractivity contribution is 0.282. The third-order valence-electron chi connectivity index (χ3n) is 7.61. The summed E-state index contributed by atoms with van der Waals surface area (Å²) < 4.78 is 0. The maximum absolute atomic E-state index is 8.77. The van der Waals surface area contributed by atoms with Gasteiger partial charge in [-0.1, -0.05) is 180 Å². The van der Waals surface area contributed by atoms with Crippen LogP contribution < -0.4 is 5.73 Å². The van der Waals surface area contributed by atoms with E-state index in [1.54, 1.807) is 0 Å².